The molecule has 4 N–H and O–H groups in total. The van der Waals surface area contributed by atoms with Gasteiger partial charge in [0.2, 0.25) is 5.91 Å². The van der Waals surface area contributed by atoms with Crippen LogP contribution in [0.15, 0.2) is 24.4 Å². The molecule has 0 saturated heterocycles. The van der Waals surface area contributed by atoms with Crippen molar-refractivity contribution in [3.05, 3.63) is 24.4 Å². The number of nitrogens with two attached hydrogens (primary N) is 1. The van der Waals surface area contributed by atoms with Crippen LogP contribution in [0.1, 0.15) is 25.7 Å². The smallest absolute Gasteiger partial charge is 0.227 e. The molecule has 1 aromatic heterocycles. The number of carbonyl (C=O) groups excluding carboxylic acids is 1. The van der Waals surface area contributed by atoms with Crippen LogP contribution >= 0.6 is 12.4 Å². The molecule has 1 aromatic carbocycles. The van der Waals surface area contributed by atoms with E-state index in [2.05, 4.69) is 15.5 Å². The summed E-state index contributed by atoms with van der Waals surface area (Å²) in [5.41, 5.74) is 7.71. The molecule has 108 valence electrons. The molecule has 1 fully saturated rings. The zero-order valence-corrected chi connectivity index (χ0v) is 12.0. The molecule has 6 heteroatoms. The zero-order chi connectivity index (χ0) is 13.2. The van der Waals surface area contributed by atoms with E-state index in [0.717, 1.165) is 42.3 Å². The van der Waals surface area contributed by atoms with Gasteiger partial charge in [0.25, 0.3) is 0 Å². The highest BCUT2D eigenvalue weighted by molar-refractivity contribution is 5.95. The minimum atomic E-state index is 0. The quantitative estimate of drug-likeness (QED) is 0.795. The highest BCUT2D eigenvalue weighted by atomic mass is 35.5. The van der Waals surface area contributed by atoms with Gasteiger partial charge >= 0.3 is 0 Å². The minimum absolute atomic E-state index is 0. The van der Waals surface area contributed by atoms with Crippen LogP contribution in [0.3, 0.4) is 0 Å². The van der Waals surface area contributed by atoms with Gasteiger partial charge < -0.3 is 11.1 Å². The molecular formula is C14H19ClN4O. The Labute approximate surface area is 123 Å². The van der Waals surface area contributed by atoms with Crippen LogP contribution in [0.25, 0.3) is 10.9 Å². The molecule has 1 aliphatic rings. The predicted octanol–water partition coefficient (Wildman–Crippen LogP) is 2.44. The number of anilines is 1. The van der Waals surface area contributed by atoms with E-state index >= 15 is 0 Å². The van der Waals surface area contributed by atoms with E-state index in [1.165, 1.54) is 0 Å². The average molecular weight is 295 g/mol. The van der Waals surface area contributed by atoms with Crippen molar-refractivity contribution in [1.82, 2.24) is 10.2 Å². The van der Waals surface area contributed by atoms with Crippen molar-refractivity contribution >= 4 is 34.9 Å². The third-order valence-electron chi connectivity index (χ3n) is 3.79. The SMILES string of the molecule is Cl.NC1CCCC(C(=O)Nc2ccc3[nH]ncc3c2)C1. The van der Waals surface area contributed by atoms with E-state index < -0.39 is 0 Å². The van der Waals surface area contributed by atoms with Crippen molar-refractivity contribution < 1.29 is 4.79 Å². The Bertz CT molecular complexity index is 598. The van der Waals surface area contributed by atoms with E-state index in [1.54, 1.807) is 6.20 Å². The van der Waals surface area contributed by atoms with Crippen LogP contribution in [0.4, 0.5) is 5.69 Å². The number of rotatable bonds is 2. The Morgan fingerprint density at radius 3 is 3.05 bits per heavy atom. The van der Waals surface area contributed by atoms with Gasteiger partial charge in [-0.15, -0.1) is 12.4 Å². The van der Waals surface area contributed by atoms with Crippen molar-refractivity contribution in [3.63, 3.8) is 0 Å². The van der Waals surface area contributed by atoms with Gasteiger partial charge in [0, 0.05) is 23.0 Å². The summed E-state index contributed by atoms with van der Waals surface area (Å²) in [7, 11) is 0. The molecule has 5 nitrogen and oxygen atoms in total. The summed E-state index contributed by atoms with van der Waals surface area (Å²) in [6.45, 7) is 0. The first-order chi connectivity index (χ1) is 9.22. The van der Waals surface area contributed by atoms with E-state index in [9.17, 15) is 4.79 Å². The monoisotopic (exact) mass is 294 g/mol. The Balaban J connectivity index is 0.00000147. The lowest BCUT2D eigenvalue weighted by Crippen LogP contribution is -2.34. The van der Waals surface area contributed by atoms with Gasteiger partial charge in [-0.25, -0.2) is 0 Å². The predicted molar refractivity (Wildman–Crippen MR) is 81.9 cm³/mol. The molecule has 1 heterocycles. The van der Waals surface area contributed by atoms with Gasteiger partial charge in [-0.3, -0.25) is 9.89 Å². The lowest BCUT2D eigenvalue weighted by Gasteiger charge is -2.25. The summed E-state index contributed by atoms with van der Waals surface area (Å²) in [5.74, 6) is 0.127. The first-order valence-corrected chi connectivity index (χ1v) is 6.72. The van der Waals surface area contributed by atoms with Crippen molar-refractivity contribution in [2.75, 3.05) is 5.32 Å². The maximum Gasteiger partial charge on any atom is 0.227 e. The Hall–Kier alpha value is -1.59. The van der Waals surface area contributed by atoms with Crippen LogP contribution in [0.5, 0.6) is 0 Å². The number of aromatic nitrogens is 2. The van der Waals surface area contributed by atoms with Crippen LogP contribution in [0, 0.1) is 5.92 Å². The van der Waals surface area contributed by atoms with Crippen molar-refractivity contribution in [3.8, 4) is 0 Å². The second-order valence-electron chi connectivity index (χ2n) is 5.28. The molecule has 3 rings (SSSR count). The number of halogens is 1. The lowest BCUT2D eigenvalue weighted by atomic mass is 9.85. The first-order valence-electron chi connectivity index (χ1n) is 6.72. The molecular weight excluding hydrogens is 276 g/mol. The number of hydrogen-bond acceptors (Lipinski definition) is 3. The molecule has 2 aromatic rings. The number of hydrogen-bond donors (Lipinski definition) is 3. The number of nitrogens with one attached hydrogen (secondary N) is 2. The summed E-state index contributed by atoms with van der Waals surface area (Å²) in [5, 5.41) is 10.8. The molecule has 2 unspecified atom stereocenters. The number of aromatic amines is 1. The third-order valence-corrected chi connectivity index (χ3v) is 3.79. The van der Waals surface area contributed by atoms with Gasteiger partial charge in [0.05, 0.1) is 11.7 Å². The normalized spacial score (nSPS) is 22.2. The average Bonchev–Trinajstić information content (AvgIpc) is 2.86. The van der Waals surface area contributed by atoms with Gasteiger partial charge in [0.1, 0.15) is 0 Å². The minimum Gasteiger partial charge on any atom is -0.328 e. The molecule has 1 saturated carbocycles. The lowest BCUT2D eigenvalue weighted by molar-refractivity contribution is -0.120. The van der Waals surface area contributed by atoms with E-state index in [-0.39, 0.29) is 30.3 Å². The third kappa shape index (κ3) is 3.11. The summed E-state index contributed by atoms with van der Waals surface area (Å²) >= 11 is 0. The van der Waals surface area contributed by atoms with Gasteiger partial charge in [0.15, 0.2) is 0 Å². The number of amides is 1. The van der Waals surface area contributed by atoms with Crippen LogP contribution < -0.4 is 11.1 Å². The standard InChI is InChI=1S/C14H18N4O.ClH/c15-11-3-1-2-9(6-11)14(19)17-12-4-5-13-10(7-12)8-16-18-13;/h4-5,7-9,11H,1-3,6,15H2,(H,16,18)(H,17,19);1H. The molecule has 0 aliphatic heterocycles. The maximum atomic E-state index is 12.2. The van der Waals surface area contributed by atoms with Crippen molar-refractivity contribution in [2.24, 2.45) is 11.7 Å². The fraction of sp³-hybridized carbons (Fsp3) is 0.429. The number of fused-ring (bicyclic) bond motifs is 1. The fourth-order valence-electron chi connectivity index (χ4n) is 2.73. The Morgan fingerprint density at radius 1 is 1.40 bits per heavy atom. The molecule has 1 aliphatic carbocycles. The van der Waals surface area contributed by atoms with Crippen molar-refractivity contribution in [2.45, 2.75) is 31.7 Å². The van der Waals surface area contributed by atoms with Crippen LogP contribution in [-0.2, 0) is 4.79 Å². The van der Waals surface area contributed by atoms with Crippen LogP contribution in [-0.4, -0.2) is 22.1 Å². The highest BCUT2D eigenvalue weighted by Gasteiger charge is 2.25. The molecule has 2 atom stereocenters. The summed E-state index contributed by atoms with van der Waals surface area (Å²) in [6.07, 6.45) is 5.56. The Kier molecular flexibility index (Phi) is 4.62. The van der Waals surface area contributed by atoms with Gasteiger partial charge in [-0.05, 0) is 37.5 Å². The van der Waals surface area contributed by atoms with E-state index in [4.69, 9.17) is 5.73 Å². The second-order valence-corrected chi connectivity index (χ2v) is 5.28. The number of nitrogens with zero attached hydrogens (tertiary/aromatic N) is 1. The topological polar surface area (TPSA) is 83.8 Å². The molecule has 20 heavy (non-hydrogen) atoms. The molecule has 1 amide bonds. The van der Waals surface area contributed by atoms with Gasteiger partial charge in [-0.1, -0.05) is 6.42 Å². The van der Waals surface area contributed by atoms with E-state index in [0.29, 0.717) is 0 Å². The number of carbonyl (C=O) groups is 1. The summed E-state index contributed by atoms with van der Waals surface area (Å²) < 4.78 is 0. The second kappa shape index (κ2) is 6.24. The zero-order valence-electron chi connectivity index (χ0n) is 11.1. The molecule has 0 bridgehead atoms. The first kappa shape index (κ1) is 14.8. The molecule has 0 spiro atoms. The fourth-order valence-corrected chi connectivity index (χ4v) is 2.73. The number of H-pyrrole nitrogens is 1. The number of benzene rings is 1. The summed E-state index contributed by atoms with van der Waals surface area (Å²) in [6, 6.07) is 5.91. The van der Waals surface area contributed by atoms with Gasteiger partial charge in [-0.2, -0.15) is 5.10 Å². The largest absolute Gasteiger partial charge is 0.328 e. The Morgan fingerprint density at radius 2 is 2.25 bits per heavy atom. The van der Waals surface area contributed by atoms with Crippen molar-refractivity contribution in [1.29, 1.82) is 0 Å². The summed E-state index contributed by atoms with van der Waals surface area (Å²) in [4.78, 5) is 12.2. The highest BCUT2D eigenvalue weighted by Crippen LogP contribution is 2.25. The van der Waals surface area contributed by atoms with Crippen LogP contribution in [0.2, 0.25) is 0 Å². The maximum absolute atomic E-state index is 12.2. The molecule has 0 radical (unpaired) electrons. The van der Waals surface area contributed by atoms with E-state index in [1.807, 2.05) is 18.2 Å².